The number of nitrogens with zero attached hydrogens (tertiary/aromatic N) is 2. The topological polar surface area (TPSA) is 97.7 Å². The fourth-order valence-electron chi connectivity index (χ4n) is 4.18. The van der Waals surface area contributed by atoms with Gasteiger partial charge in [0.25, 0.3) is 5.91 Å². The third-order valence-corrected chi connectivity index (χ3v) is 5.95. The first-order chi connectivity index (χ1) is 15.2. The quantitative estimate of drug-likeness (QED) is 0.368. The Morgan fingerprint density at radius 1 is 1.09 bits per heavy atom. The van der Waals surface area contributed by atoms with Crippen molar-refractivity contribution in [3.63, 3.8) is 0 Å². The van der Waals surface area contributed by atoms with Crippen LogP contribution in [0.25, 0.3) is 0 Å². The molecule has 1 saturated heterocycles. The van der Waals surface area contributed by atoms with Gasteiger partial charge in [0.1, 0.15) is 12.1 Å². The Morgan fingerprint density at radius 2 is 1.78 bits per heavy atom. The van der Waals surface area contributed by atoms with Gasteiger partial charge in [-0.3, -0.25) is 19.3 Å². The number of rotatable bonds is 9. The van der Waals surface area contributed by atoms with Crippen LogP contribution in [0.4, 0.5) is 4.79 Å². The maximum Gasteiger partial charge on any atom is 0.326 e. The molecule has 32 heavy (non-hydrogen) atoms. The molecule has 1 atom stereocenters. The van der Waals surface area contributed by atoms with Crippen molar-refractivity contribution in [2.45, 2.75) is 52.6 Å². The molecule has 3 amide bonds. The second-order valence-electron chi connectivity index (χ2n) is 7.97. The SMILES string of the molecule is CCCn1c(C)cc(C(=O)COC(=O)CN2C(=O)NC(CC)(c3ccccc3)C2=O)c1C. The number of imide groups is 1. The van der Waals surface area contributed by atoms with Gasteiger partial charge in [-0.2, -0.15) is 0 Å². The average molecular weight is 440 g/mol. The predicted molar refractivity (Wildman–Crippen MR) is 118 cm³/mol. The monoisotopic (exact) mass is 439 g/mol. The molecule has 1 aliphatic heterocycles. The molecule has 0 aliphatic carbocycles. The lowest BCUT2D eigenvalue weighted by molar-refractivity contribution is -0.147. The lowest BCUT2D eigenvalue weighted by Gasteiger charge is -2.25. The molecule has 8 nitrogen and oxygen atoms in total. The first kappa shape index (κ1) is 23.2. The number of aromatic nitrogens is 1. The molecule has 1 aliphatic rings. The zero-order valence-electron chi connectivity index (χ0n) is 18.9. The van der Waals surface area contributed by atoms with Gasteiger partial charge in [0.05, 0.1) is 0 Å². The van der Waals surface area contributed by atoms with Crippen LogP contribution < -0.4 is 5.32 Å². The lowest BCUT2D eigenvalue weighted by Crippen LogP contribution is -2.44. The molecule has 0 saturated carbocycles. The number of hydrogen-bond acceptors (Lipinski definition) is 5. The van der Waals surface area contributed by atoms with Crippen molar-refractivity contribution < 1.29 is 23.9 Å². The minimum absolute atomic E-state index is 0.321. The fraction of sp³-hybridized carbons (Fsp3) is 0.417. The van der Waals surface area contributed by atoms with E-state index < -0.39 is 36.6 Å². The second kappa shape index (κ2) is 9.38. The molecule has 1 fully saturated rings. The maximum absolute atomic E-state index is 13.1. The number of nitrogens with one attached hydrogen (secondary N) is 1. The Balaban J connectivity index is 1.65. The van der Waals surface area contributed by atoms with Crippen LogP contribution in [0.5, 0.6) is 0 Å². The molecular weight excluding hydrogens is 410 g/mol. The maximum atomic E-state index is 13.1. The van der Waals surface area contributed by atoms with Gasteiger partial charge in [-0.15, -0.1) is 0 Å². The van der Waals surface area contributed by atoms with Gasteiger partial charge in [-0.1, -0.05) is 44.2 Å². The highest BCUT2D eigenvalue weighted by atomic mass is 16.5. The molecule has 0 spiro atoms. The zero-order chi connectivity index (χ0) is 23.5. The van der Waals surface area contributed by atoms with Gasteiger partial charge in [0, 0.05) is 23.5 Å². The van der Waals surface area contributed by atoms with Gasteiger partial charge < -0.3 is 14.6 Å². The highest BCUT2D eigenvalue weighted by molar-refractivity contribution is 6.09. The number of urea groups is 1. The molecule has 1 unspecified atom stereocenters. The Bertz CT molecular complexity index is 1040. The molecule has 0 radical (unpaired) electrons. The van der Waals surface area contributed by atoms with Crippen molar-refractivity contribution in [1.82, 2.24) is 14.8 Å². The molecular formula is C24H29N3O5. The summed E-state index contributed by atoms with van der Waals surface area (Å²) >= 11 is 0. The van der Waals surface area contributed by atoms with Crippen molar-refractivity contribution in [1.29, 1.82) is 0 Å². The molecule has 2 aromatic rings. The summed E-state index contributed by atoms with van der Waals surface area (Å²) in [5.74, 6) is -1.65. The van der Waals surface area contributed by atoms with Gasteiger partial charge in [0.2, 0.25) is 5.78 Å². The number of Topliss-reactive ketones (excluding diaryl/α,β-unsaturated/α-hetero) is 1. The molecule has 3 rings (SSSR count). The van der Waals surface area contributed by atoms with Crippen LogP contribution in [0.2, 0.25) is 0 Å². The number of ketones is 1. The van der Waals surface area contributed by atoms with Gasteiger partial charge >= 0.3 is 12.0 Å². The Hall–Kier alpha value is -3.42. The van der Waals surface area contributed by atoms with Crippen molar-refractivity contribution in [3.05, 3.63) is 58.9 Å². The second-order valence-corrected chi connectivity index (χ2v) is 7.97. The first-order valence-electron chi connectivity index (χ1n) is 10.8. The number of amides is 3. The molecule has 0 bridgehead atoms. The average Bonchev–Trinajstić information content (AvgIpc) is 3.21. The number of hydrogen-bond donors (Lipinski definition) is 1. The van der Waals surface area contributed by atoms with Crippen molar-refractivity contribution >= 4 is 23.7 Å². The highest BCUT2D eigenvalue weighted by Crippen LogP contribution is 2.32. The first-order valence-corrected chi connectivity index (χ1v) is 10.8. The van der Waals surface area contributed by atoms with Gasteiger partial charge in [-0.25, -0.2) is 4.79 Å². The van der Waals surface area contributed by atoms with Crippen molar-refractivity contribution in [2.75, 3.05) is 13.2 Å². The third-order valence-electron chi connectivity index (χ3n) is 5.95. The summed E-state index contributed by atoms with van der Waals surface area (Å²) in [6.07, 6.45) is 1.27. The van der Waals surface area contributed by atoms with Crippen LogP contribution >= 0.6 is 0 Å². The van der Waals surface area contributed by atoms with E-state index in [0.717, 1.165) is 29.3 Å². The van der Waals surface area contributed by atoms with E-state index in [1.807, 2.05) is 19.9 Å². The van der Waals surface area contributed by atoms with Crippen LogP contribution in [0, 0.1) is 13.8 Å². The highest BCUT2D eigenvalue weighted by Gasteiger charge is 2.51. The van der Waals surface area contributed by atoms with Gasteiger partial charge in [0.15, 0.2) is 6.61 Å². The predicted octanol–water partition coefficient (Wildman–Crippen LogP) is 3.10. The van der Waals surface area contributed by atoms with E-state index in [-0.39, 0.29) is 5.78 Å². The summed E-state index contributed by atoms with van der Waals surface area (Å²) in [4.78, 5) is 51.4. The Kier molecular flexibility index (Phi) is 6.81. The largest absolute Gasteiger partial charge is 0.456 e. The van der Waals surface area contributed by atoms with E-state index in [1.54, 1.807) is 37.3 Å². The van der Waals surface area contributed by atoms with E-state index >= 15 is 0 Å². The summed E-state index contributed by atoms with van der Waals surface area (Å²) in [5, 5.41) is 2.72. The van der Waals surface area contributed by atoms with Crippen LogP contribution in [0.15, 0.2) is 36.4 Å². The van der Waals surface area contributed by atoms with E-state index in [2.05, 4.69) is 16.8 Å². The number of ether oxygens (including phenoxy) is 1. The summed E-state index contributed by atoms with van der Waals surface area (Å²) in [6.45, 7) is 7.44. The van der Waals surface area contributed by atoms with E-state index in [9.17, 15) is 19.2 Å². The smallest absolute Gasteiger partial charge is 0.326 e. The third kappa shape index (κ3) is 4.17. The number of aryl methyl sites for hydroxylation is 1. The minimum Gasteiger partial charge on any atom is -0.456 e. The van der Waals surface area contributed by atoms with E-state index in [1.165, 1.54) is 0 Å². The summed E-state index contributed by atoms with van der Waals surface area (Å²) in [7, 11) is 0. The molecule has 1 aromatic carbocycles. The van der Waals surface area contributed by atoms with Crippen molar-refractivity contribution in [2.24, 2.45) is 0 Å². The molecule has 8 heteroatoms. The normalized spacial score (nSPS) is 18.1. The number of benzene rings is 1. The molecule has 2 heterocycles. The molecule has 170 valence electrons. The van der Waals surface area contributed by atoms with E-state index in [4.69, 9.17) is 4.74 Å². The molecule has 1 aromatic heterocycles. The lowest BCUT2D eigenvalue weighted by atomic mass is 9.87. The number of carbonyl (C=O) groups is 4. The van der Waals surface area contributed by atoms with E-state index in [0.29, 0.717) is 17.5 Å². The minimum atomic E-state index is -1.22. The van der Waals surface area contributed by atoms with Gasteiger partial charge in [-0.05, 0) is 38.3 Å². The molecule has 1 N–H and O–H groups in total. The Labute approximate surface area is 187 Å². The summed E-state index contributed by atoms with van der Waals surface area (Å²) < 4.78 is 7.17. The summed E-state index contributed by atoms with van der Waals surface area (Å²) in [5.41, 5.74) is 1.73. The standard InChI is InChI=1S/C24H29N3O5/c1-5-12-26-16(3)13-19(17(26)4)20(28)15-32-21(29)14-27-22(30)24(6-2,25-23(27)31)18-10-8-7-9-11-18/h7-11,13H,5-6,12,14-15H2,1-4H3,(H,25,31). The van der Waals surface area contributed by atoms with Crippen LogP contribution in [-0.4, -0.2) is 46.3 Å². The number of esters is 1. The summed E-state index contributed by atoms with van der Waals surface area (Å²) in [6, 6.07) is 10.0. The van der Waals surface area contributed by atoms with Crippen LogP contribution in [0.1, 0.15) is 54.0 Å². The van der Waals surface area contributed by atoms with Crippen LogP contribution in [-0.2, 0) is 26.4 Å². The zero-order valence-corrected chi connectivity index (χ0v) is 18.9. The number of carbonyl (C=O) groups excluding carboxylic acids is 4. The van der Waals surface area contributed by atoms with Crippen LogP contribution in [0.3, 0.4) is 0 Å². The van der Waals surface area contributed by atoms with Crippen molar-refractivity contribution in [3.8, 4) is 0 Å². The Morgan fingerprint density at radius 3 is 2.41 bits per heavy atom. The fourth-order valence-corrected chi connectivity index (χ4v) is 4.18.